The molecule has 22 heavy (non-hydrogen) atoms. The largest absolute Gasteiger partial charge is 0.479 e. The quantitative estimate of drug-likeness (QED) is 0.789. The Hall–Kier alpha value is -2.51. The molecule has 0 aliphatic carbocycles. The maximum Gasteiger partial charge on any atom is 0.347 e. The first kappa shape index (κ1) is 15.9. The van der Waals surface area contributed by atoms with Gasteiger partial charge in [0.25, 0.3) is 0 Å². The zero-order valence-corrected chi connectivity index (χ0v) is 12.7. The van der Waals surface area contributed by atoms with Gasteiger partial charge in [0, 0.05) is 5.02 Å². The van der Waals surface area contributed by atoms with Crippen LogP contribution in [0.4, 0.5) is 0 Å². The number of nitriles is 1. The van der Waals surface area contributed by atoms with Crippen molar-refractivity contribution in [3.63, 3.8) is 0 Å². The first-order chi connectivity index (χ1) is 10.6. The van der Waals surface area contributed by atoms with Crippen LogP contribution in [0.1, 0.15) is 18.1 Å². The number of carbonyl (C=O) groups is 1. The average Bonchev–Trinajstić information content (AvgIpc) is 2.55. The minimum Gasteiger partial charge on any atom is -0.479 e. The average molecular weight is 316 g/mol. The minimum atomic E-state index is -0.723. The molecule has 0 radical (unpaired) electrons. The van der Waals surface area contributed by atoms with Crippen molar-refractivity contribution in [2.24, 2.45) is 0 Å². The fourth-order valence-electron chi connectivity index (χ4n) is 1.71. The lowest BCUT2D eigenvalue weighted by Gasteiger charge is -2.14. The van der Waals surface area contributed by atoms with Gasteiger partial charge in [-0.25, -0.2) is 4.79 Å². The van der Waals surface area contributed by atoms with E-state index >= 15 is 0 Å². The Morgan fingerprint density at radius 3 is 2.41 bits per heavy atom. The molecule has 0 amide bonds. The zero-order chi connectivity index (χ0) is 15.9. The molecule has 2 aromatic rings. The number of halogens is 1. The molecule has 0 aromatic heterocycles. The SMILES string of the molecule is CC(Oc1ccc(Cl)cc1)C(=O)OCc1ccc(C#N)cc1. The molecular weight excluding hydrogens is 302 g/mol. The molecule has 1 atom stereocenters. The van der Waals surface area contributed by atoms with E-state index in [2.05, 4.69) is 0 Å². The molecule has 0 aliphatic heterocycles. The van der Waals surface area contributed by atoms with Crippen LogP contribution in [0.5, 0.6) is 5.75 Å². The second-order valence-electron chi connectivity index (χ2n) is 4.63. The predicted octanol–water partition coefficient (Wildman–Crippen LogP) is 3.72. The van der Waals surface area contributed by atoms with Gasteiger partial charge in [0.1, 0.15) is 12.4 Å². The van der Waals surface area contributed by atoms with Gasteiger partial charge < -0.3 is 9.47 Å². The van der Waals surface area contributed by atoms with Crippen LogP contribution in [-0.2, 0) is 16.1 Å². The Labute approximate surface area is 133 Å². The molecule has 0 saturated heterocycles. The van der Waals surface area contributed by atoms with Gasteiger partial charge in [-0.1, -0.05) is 23.7 Å². The van der Waals surface area contributed by atoms with Crippen LogP contribution in [0.2, 0.25) is 5.02 Å². The Morgan fingerprint density at radius 1 is 1.18 bits per heavy atom. The van der Waals surface area contributed by atoms with E-state index in [0.717, 1.165) is 5.56 Å². The Bertz CT molecular complexity index is 675. The molecule has 0 N–H and O–H groups in total. The maximum absolute atomic E-state index is 11.9. The van der Waals surface area contributed by atoms with E-state index in [1.54, 1.807) is 55.5 Å². The van der Waals surface area contributed by atoms with Gasteiger partial charge in [0.15, 0.2) is 6.10 Å². The van der Waals surface area contributed by atoms with Crippen molar-refractivity contribution in [2.45, 2.75) is 19.6 Å². The summed E-state index contributed by atoms with van der Waals surface area (Å²) in [7, 11) is 0. The van der Waals surface area contributed by atoms with E-state index in [1.807, 2.05) is 6.07 Å². The highest BCUT2D eigenvalue weighted by Crippen LogP contribution is 2.17. The van der Waals surface area contributed by atoms with Crippen molar-refractivity contribution >= 4 is 17.6 Å². The lowest BCUT2D eigenvalue weighted by Crippen LogP contribution is -2.26. The first-order valence-electron chi connectivity index (χ1n) is 6.66. The second-order valence-corrected chi connectivity index (χ2v) is 5.07. The molecular formula is C17H14ClNO3. The van der Waals surface area contributed by atoms with Crippen LogP contribution in [0.3, 0.4) is 0 Å². The van der Waals surface area contributed by atoms with Crippen LogP contribution in [-0.4, -0.2) is 12.1 Å². The van der Waals surface area contributed by atoms with E-state index in [0.29, 0.717) is 16.3 Å². The molecule has 4 nitrogen and oxygen atoms in total. The van der Waals surface area contributed by atoms with E-state index in [1.165, 1.54) is 0 Å². The van der Waals surface area contributed by atoms with Crippen molar-refractivity contribution in [2.75, 3.05) is 0 Å². The van der Waals surface area contributed by atoms with Gasteiger partial charge in [0.2, 0.25) is 0 Å². The zero-order valence-electron chi connectivity index (χ0n) is 12.0. The summed E-state index contributed by atoms with van der Waals surface area (Å²) >= 11 is 5.78. The molecule has 0 heterocycles. The Balaban J connectivity index is 1.85. The summed E-state index contributed by atoms with van der Waals surface area (Å²) < 4.78 is 10.7. The van der Waals surface area contributed by atoms with Gasteiger partial charge in [0.05, 0.1) is 11.6 Å². The third-order valence-corrected chi connectivity index (χ3v) is 3.17. The second kappa shape index (κ2) is 7.48. The van der Waals surface area contributed by atoms with Crippen LogP contribution < -0.4 is 4.74 Å². The Kier molecular flexibility index (Phi) is 5.40. The van der Waals surface area contributed by atoms with Gasteiger partial charge in [-0.05, 0) is 48.9 Å². The summed E-state index contributed by atoms with van der Waals surface area (Å²) in [4.78, 5) is 11.9. The highest BCUT2D eigenvalue weighted by atomic mass is 35.5. The van der Waals surface area contributed by atoms with Gasteiger partial charge >= 0.3 is 5.97 Å². The fourth-order valence-corrected chi connectivity index (χ4v) is 1.84. The normalized spacial score (nSPS) is 11.3. The van der Waals surface area contributed by atoms with Crippen molar-refractivity contribution in [3.8, 4) is 11.8 Å². The van der Waals surface area contributed by atoms with E-state index in [4.69, 9.17) is 26.3 Å². The summed E-state index contributed by atoms with van der Waals surface area (Å²) in [6.07, 6.45) is -0.723. The Morgan fingerprint density at radius 2 is 1.82 bits per heavy atom. The number of benzene rings is 2. The molecule has 5 heteroatoms. The number of rotatable bonds is 5. The molecule has 2 aromatic carbocycles. The number of esters is 1. The molecule has 1 unspecified atom stereocenters. The topological polar surface area (TPSA) is 59.3 Å². The highest BCUT2D eigenvalue weighted by molar-refractivity contribution is 6.30. The number of hydrogen-bond acceptors (Lipinski definition) is 4. The standard InChI is InChI=1S/C17H14ClNO3/c1-12(22-16-8-6-15(18)7-9-16)17(20)21-11-14-4-2-13(10-19)3-5-14/h2-9,12H,11H2,1H3. The molecule has 112 valence electrons. The molecule has 0 bridgehead atoms. The van der Waals surface area contributed by atoms with Crippen molar-refractivity contribution in [1.82, 2.24) is 0 Å². The molecule has 0 spiro atoms. The molecule has 0 fully saturated rings. The van der Waals surface area contributed by atoms with Gasteiger partial charge in [-0.15, -0.1) is 0 Å². The maximum atomic E-state index is 11.9. The van der Waals surface area contributed by atoms with Crippen molar-refractivity contribution in [3.05, 3.63) is 64.7 Å². The van der Waals surface area contributed by atoms with E-state index < -0.39 is 12.1 Å². The van der Waals surface area contributed by atoms with Crippen LogP contribution >= 0.6 is 11.6 Å². The van der Waals surface area contributed by atoms with Crippen LogP contribution in [0.25, 0.3) is 0 Å². The van der Waals surface area contributed by atoms with Crippen molar-refractivity contribution < 1.29 is 14.3 Å². The predicted molar refractivity (Wildman–Crippen MR) is 82.5 cm³/mol. The summed E-state index contributed by atoms with van der Waals surface area (Å²) in [6, 6.07) is 15.6. The lowest BCUT2D eigenvalue weighted by molar-refractivity contribution is -0.152. The van der Waals surface area contributed by atoms with E-state index in [9.17, 15) is 4.79 Å². The first-order valence-corrected chi connectivity index (χ1v) is 7.04. The third kappa shape index (κ3) is 4.51. The van der Waals surface area contributed by atoms with Crippen LogP contribution in [0.15, 0.2) is 48.5 Å². The van der Waals surface area contributed by atoms with Gasteiger partial charge in [-0.2, -0.15) is 5.26 Å². The summed E-state index contributed by atoms with van der Waals surface area (Å²) in [5.41, 5.74) is 1.38. The van der Waals surface area contributed by atoms with Crippen molar-refractivity contribution in [1.29, 1.82) is 5.26 Å². The van der Waals surface area contributed by atoms with E-state index in [-0.39, 0.29) is 6.61 Å². The number of hydrogen-bond donors (Lipinski definition) is 0. The summed E-state index contributed by atoms with van der Waals surface area (Å²) in [6.45, 7) is 1.76. The monoisotopic (exact) mass is 315 g/mol. The van der Waals surface area contributed by atoms with Crippen LogP contribution in [0, 0.1) is 11.3 Å². The summed E-state index contributed by atoms with van der Waals surface area (Å²) in [5, 5.41) is 9.32. The summed E-state index contributed by atoms with van der Waals surface area (Å²) in [5.74, 6) is 0.0894. The fraction of sp³-hybridized carbons (Fsp3) is 0.176. The molecule has 0 aliphatic rings. The molecule has 0 saturated carbocycles. The molecule has 2 rings (SSSR count). The smallest absolute Gasteiger partial charge is 0.347 e. The number of ether oxygens (including phenoxy) is 2. The van der Waals surface area contributed by atoms with Gasteiger partial charge in [-0.3, -0.25) is 0 Å². The lowest BCUT2D eigenvalue weighted by atomic mass is 10.2. The highest BCUT2D eigenvalue weighted by Gasteiger charge is 2.16. The number of carbonyl (C=O) groups excluding carboxylic acids is 1. The minimum absolute atomic E-state index is 0.138. The third-order valence-electron chi connectivity index (χ3n) is 2.92. The number of nitrogens with zero attached hydrogens (tertiary/aromatic N) is 1.